The predicted molar refractivity (Wildman–Crippen MR) is 76.6 cm³/mol. The Bertz CT molecular complexity index is 524. The van der Waals surface area contributed by atoms with Gasteiger partial charge in [-0.05, 0) is 29.5 Å². The normalized spacial score (nSPS) is 23.1. The SMILES string of the molecule is CC1(C)[C@H](C(=O)O)[C@@H]1C(=O)NCCc1ccc(Cl)cc1. The third kappa shape index (κ3) is 2.96. The van der Waals surface area contributed by atoms with E-state index in [0.29, 0.717) is 18.0 Å². The summed E-state index contributed by atoms with van der Waals surface area (Å²) in [7, 11) is 0. The average molecular weight is 296 g/mol. The summed E-state index contributed by atoms with van der Waals surface area (Å²) in [5, 5.41) is 12.5. The van der Waals surface area contributed by atoms with Crippen LogP contribution in [0.1, 0.15) is 19.4 Å². The second kappa shape index (κ2) is 5.44. The Morgan fingerprint density at radius 1 is 1.25 bits per heavy atom. The summed E-state index contributed by atoms with van der Waals surface area (Å²) in [4.78, 5) is 23.0. The predicted octanol–water partition coefficient (Wildman–Crippen LogP) is 2.36. The van der Waals surface area contributed by atoms with E-state index < -0.39 is 23.2 Å². The van der Waals surface area contributed by atoms with Gasteiger partial charge in [0, 0.05) is 11.6 Å². The van der Waals surface area contributed by atoms with Gasteiger partial charge in [-0.15, -0.1) is 0 Å². The van der Waals surface area contributed by atoms with Crippen LogP contribution in [0.25, 0.3) is 0 Å². The first kappa shape index (κ1) is 14.9. The Labute approximate surface area is 123 Å². The number of carbonyl (C=O) groups excluding carboxylic acids is 1. The molecule has 0 bridgehead atoms. The van der Waals surface area contributed by atoms with Crippen molar-refractivity contribution < 1.29 is 14.7 Å². The van der Waals surface area contributed by atoms with Crippen LogP contribution >= 0.6 is 11.6 Å². The second-order valence-electron chi connectivity index (χ2n) is 5.78. The van der Waals surface area contributed by atoms with Crippen LogP contribution in [0.3, 0.4) is 0 Å². The molecular formula is C15H18ClNO3. The Morgan fingerprint density at radius 3 is 2.35 bits per heavy atom. The molecule has 108 valence electrons. The van der Waals surface area contributed by atoms with Gasteiger partial charge in [-0.1, -0.05) is 37.6 Å². The lowest BCUT2D eigenvalue weighted by atomic mass is 10.1. The van der Waals surface area contributed by atoms with E-state index in [1.165, 1.54) is 0 Å². The number of amides is 1. The zero-order valence-corrected chi connectivity index (χ0v) is 12.3. The molecule has 0 saturated heterocycles. The fourth-order valence-corrected chi connectivity index (χ4v) is 2.81. The molecule has 20 heavy (non-hydrogen) atoms. The first-order valence-corrected chi connectivity index (χ1v) is 6.97. The molecule has 1 aliphatic carbocycles. The Balaban J connectivity index is 1.82. The highest BCUT2D eigenvalue weighted by Crippen LogP contribution is 2.58. The molecule has 1 aliphatic rings. The van der Waals surface area contributed by atoms with Crippen molar-refractivity contribution in [3.63, 3.8) is 0 Å². The lowest BCUT2D eigenvalue weighted by molar-refractivity contribution is -0.140. The van der Waals surface area contributed by atoms with Gasteiger partial charge in [0.25, 0.3) is 0 Å². The first-order chi connectivity index (χ1) is 9.34. The largest absolute Gasteiger partial charge is 0.481 e. The van der Waals surface area contributed by atoms with Crippen molar-refractivity contribution in [2.24, 2.45) is 17.3 Å². The maximum atomic E-state index is 12.0. The van der Waals surface area contributed by atoms with Gasteiger partial charge < -0.3 is 10.4 Å². The second-order valence-corrected chi connectivity index (χ2v) is 6.22. The van der Waals surface area contributed by atoms with Gasteiger partial charge in [0.05, 0.1) is 11.8 Å². The van der Waals surface area contributed by atoms with Crippen molar-refractivity contribution in [2.75, 3.05) is 6.54 Å². The number of rotatable bonds is 5. The van der Waals surface area contributed by atoms with Gasteiger partial charge in [0.15, 0.2) is 0 Å². The number of hydrogen-bond acceptors (Lipinski definition) is 2. The molecule has 0 spiro atoms. The minimum absolute atomic E-state index is 0.170. The van der Waals surface area contributed by atoms with Crippen LogP contribution in [0.2, 0.25) is 5.02 Å². The molecule has 0 unspecified atom stereocenters. The van der Waals surface area contributed by atoms with E-state index in [1.54, 1.807) is 0 Å². The molecule has 1 amide bonds. The molecule has 2 rings (SSSR count). The average Bonchev–Trinajstić information content (AvgIpc) is 2.95. The van der Waals surface area contributed by atoms with Crippen LogP contribution in [0, 0.1) is 17.3 Å². The van der Waals surface area contributed by atoms with E-state index in [2.05, 4.69) is 5.32 Å². The quantitative estimate of drug-likeness (QED) is 0.876. The van der Waals surface area contributed by atoms with E-state index in [-0.39, 0.29) is 5.91 Å². The molecular weight excluding hydrogens is 278 g/mol. The summed E-state index contributed by atoms with van der Waals surface area (Å²) >= 11 is 5.80. The van der Waals surface area contributed by atoms with Crippen LogP contribution in [0.5, 0.6) is 0 Å². The standard InChI is InChI=1S/C15H18ClNO3/c1-15(2)11(12(15)14(19)20)13(18)17-8-7-9-3-5-10(16)6-4-9/h3-6,11-12H,7-8H2,1-2H3,(H,17,18)(H,19,20)/t11-,12+/m1/s1. The van der Waals surface area contributed by atoms with Gasteiger partial charge in [0.1, 0.15) is 0 Å². The molecule has 4 nitrogen and oxygen atoms in total. The number of hydrogen-bond donors (Lipinski definition) is 2. The lowest BCUT2D eigenvalue weighted by Gasteiger charge is -2.06. The summed E-state index contributed by atoms with van der Waals surface area (Å²) in [6.07, 6.45) is 0.702. The smallest absolute Gasteiger partial charge is 0.307 e. The van der Waals surface area contributed by atoms with Crippen LogP contribution in [0.4, 0.5) is 0 Å². The third-order valence-corrected chi connectivity index (χ3v) is 4.25. The highest BCUT2D eigenvalue weighted by atomic mass is 35.5. The monoisotopic (exact) mass is 295 g/mol. The molecule has 0 radical (unpaired) electrons. The fourth-order valence-electron chi connectivity index (χ4n) is 2.68. The summed E-state index contributed by atoms with van der Waals surface area (Å²) in [5.74, 6) is -2.06. The minimum atomic E-state index is -0.896. The van der Waals surface area contributed by atoms with Crippen molar-refractivity contribution in [1.82, 2.24) is 5.32 Å². The van der Waals surface area contributed by atoms with E-state index in [9.17, 15) is 9.59 Å². The topological polar surface area (TPSA) is 66.4 Å². The number of halogens is 1. The van der Waals surface area contributed by atoms with Gasteiger partial charge in [-0.2, -0.15) is 0 Å². The number of carboxylic acid groups (broad SMARTS) is 1. The zero-order valence-electron chi connectivity index (χ0n) is 11.5. The Morgan fingerprint density at radius 2 is 1.85 bits per heavy atom. The summed E-state index contributed by atoms with van der Waals surface area (Å²) in [6.45, 7) is 4.13. The number of carboxylic acids is 1. The van der Waals surface area contributed by atoms with E-state index in [1.807, 2.05) is 38.1 Å². The van der Waals surface area contributed by atoms with Crippen LogP contribution < -0.4 is 5.32 Å². The molecule has 2 atom stereocenters. The Kier molecular flexibility index (Phi) is 4.04. The number of carbonyl (C=O) groups is 2. The molecule has 0 aliphatic heterocycles. The molecule has 1 aromatic carbocycles. The fraction of sp³-hybridized carbons (Fsp3) is 0.467. The molecule has 1 saturated carbocycles. The van der Waals surface area contributed by atoms with E-state index in [4.69, 9.17) is 16.7 Å². The Hall–Kier alpha value is -1.55. The van der Waals surface area contributed by atoms with Crippen molar-refractivity contribution in [1.29, 1.82) is 0 Å². The summed E-state index contributed by atoms with van der Waals surface area (Å²) in [5.41, 5.74) is 0.635. The highest BCUT2D eigenvalue weighted by Gasteiger charge is 2.65. The van der Waals surface area contributed by atoms with E-state index >= 15 is 0 Å². The minimum Gasteiger partial charge on any atom is -0.481 e. The van der Waals surface area contributed by atoms with Gasteiger partial charge in [-0.25, -0.2) is 0 Å². The molecule has 0 aromatic heterocycles. The summed E-state index contributed by atoms with van der Waals surface area (Å²) in [6, 6.07) is 7.44. The maximum Gasteiger partial charge on any atom is 0.307 e. The van der Waals surface area contributed by atoms with E-state index in [0.717, 1.165) is 5.56 Å². The van der Waals surface area contributed by atoms with Gasteiger partial charge in [-0.3, -0.25) is 9.59 Å². The molecule has 5 heteroatoms. The first-order valence-electron chi connectivity index (χ1n) is 6.59. The van der Waals surface area contributed by atoms with Crippen molar-refractivity contribution in [3.8, 4) is 0 Å². The maximum absolute atomic E-state index is 12.0. The van der Waals surface area contributed by atoms with Crippen LogP contribution in [-0.4, -0.2) is 23.5 Å². The number of nitrogens with one attached hydrogen (secondary N) is 1. The lowest BCUT2D eigenvalue weighted by Crippen LogP contribution is -2.29. The van der Waals surface area contributed by atoms with Gasteiger partial charge >= 0.3 is 5.97 Å². The molecule has 1 fully saturated rings. The molecule has 1 aromatic rings. The zero-order chi connectivity index (χ0) is 14.9. The van der Waals surface area contributed by atoms with Crippen LogP contribution in [-0.2, 0) is 16.0 Å². The molecule has 0 heterocycles. The van der Waals surface area contributed by atoms with Crippen molar-refractivity contribution in [2.45, 2.75) is 20.3 Å². The number of aliphatic carboxylic acids is 1. The van der Waals surface area contributed by atoms with Crippen LogP contribution in [0.15, 0.2) is 24.3 Å². The van der Waals surface area contributed by atoms with Gasteiger partial charge in [0.2, 0.25) is 5.91 Å². The highest BCUT2D eigenvalue weighted by molar-refractivity contribution is 6.30. The van der Waals surface area contributed by atoms with Crippen molar-refractivity contribution in [3.05, 3.63) is 34.9 Å². The third-order valence-electron chi connectivity index (χ3n) is 4.00. The number of benzene rings is 1. The van der Waals surface area contributed by atoms with Crippen molar-refractivity contribution >= 4 is 23.5 Å². The molecule has 2 N–H and O–H groups in total. The summed E-state index contributed by atoms with van der Waals surface area (Å²) < 4.78 is 0.